The summed E-state index contributed by atoms with van der Waals surface area (Å²) in [5.41, 5.74) is 7.63. The second kappa shape index (κ2) is 13.8. The summed E-state index contributed by atoms with van der Waals surface area (Å²) < 4.78 is 2.35. The Morgan fingerprint density at radius 2 is 1.09 bits per heavy atom. The van der Waals surface area contributed by atoms with E-state index in [0.717, 1.165) is 45.0 Å². The van der Waals surface area contributed by atoms with Gasteiger partial charge in [-0.2, -0.15) is 5.06 Å². The molecule has 2 aromatic heterocycles. The van der Waals surface area contributed by atoms with Crippen LogP contribution in [0.25, 0.3) is 38.8 Å². The first-order valence-electron chi connectivity index (χ1n) is 19.2. The van der Waals surface area contributed by atoms with Crippen LogP contribution in [0.15, 0.2) is 200 Å². The van der Waals surface area contributed by atoms with Gasteiger partial charge in [-0.15, -0.1) is 4.94 Å². The quantitative estimate of drug-likeness (QED) is 0.115. The number of hydroxylamine groups is 1. The van der Waals surface area contributed by atoms with Gasteiger partial charge in [0, 0.05) is 17.0 Å². The fourth-order valence-electron chi connectivity index (χ4n) is 8.60. The maximum absolute atomic E-state index is 6.63. The third-order valence-electron chi connectivity index (χ3n) is 11.1. The molecule has 10 rings (SSSR count). The third kappa shape index (κ3) is 5.45. The van der Waals surface area contributed by atoms with Crippen LogP contribution in [0.4, 0.5) is 17.1 Å². The van der Waals surface area contributed by atoms with Crippen molar-refractivity contribution in [2.75, 3.05) is 10.1 Å². The van der Waals surface area contributed by atoms with Crippen molar-refractivity contribution in [3.8, 4) is 16.9 Å². The van der Waals surface area contributed by atoms with Crippen molar-refractivity contribution < 1.29 is 4.94 Å². The number of hydrogen-bond donors (Lipinski definition) is 0. The average molecular weight is 741 g/mol. The highest BCUT2D eigenvalue weighted by Gasteiger charge is 2.42. The van der Waals surface area contributed by atoms with Crippen molar-refractivity contribution in [1.29, 1.82) is 0 Å². The number of aromatic nitrogens is 2. The molecule has 0 unspecified atom stereocenters. The van der Waals surface area contributed by atoms with Gasteiger partial charge in [0.05, 0.1) is 34.1 Å². The monoisotopic (exact) mass is 740 g/mol. The van der Waals surface area contributed by atoms with Crippen LogP contribution in [0.2, 0.25) is 0 Å². The molecule has 0 amide bonds. The normalized spacial score (nSPS) is 12.8. The Kier molecular flexibility index (Phi) is 8.36. The number of pyridine rings is 1. The topological polar surface area (TPSA) is 33.5 Å². The molecule has 56 heavy (non-hydrogen) atoms. The maximum Gasteiger partial charge on any atom is 0.179 e. The number of rotatable bonds is 8. The molecule has 0 N–H and O–H groups in total. The van der Waals surface area contributed by atoms with Crippen LogP contribution in [0.5, 0.6) is 0 Å². The van der Waals surface area contributed by atoms with Crippen LogP contribution in [0.3, 0.4) is 0 Å². The van der Waals surface area contributed by atoms with Crippen LogP contribution in [0, 0.1) is 0 Å². The molecule has 0 radical (unpaired) electrons. The first kappa shape index (κ1) is 33.8. The highest BCUT2D eigenvalue weighted by molar-refractivity contribution is 7.20. The highest BCUT2D eigenvalue weighted by atomic mass is 28.3. The van der Waals surface area contributed by atoms with E-state index in [-0.39, 0.29) is 6.04 Å². The predicted molar refractivity (Wildman–Crippen MR) is 235 cm³/mol. The van der Waals surface area contributed by atoms with E-state index in [1.165, 1.54) is 31.5 Å². The molecule has 0 saturated heterocycles. The lowest BCUT2D eigenvalue weighted by Gasteiger charge is -2.35. The summed E-state index contributed by atoms with van der Waals surface area (Å²) in [6.07, 6.45) is 1.93. The van der Waals surface area contributed by atoms with Gasteiger partial charge in [0.15, 0.2) is 8.07 Å². The van der Waals surface area contributed by atoms with Crippen LogP contribution < -0.4 is 30.9 Å². The zero-order valence-electron chi connectivity index (χ0n) is 31.3. The lowest BCUT2D eigenvalue weighted by molar-refractivity contribution is 0.113. The van der Waals surface area contributed by atoms with Gasteiger partial charge < -0.3 is 0 Å². The molecule has 0 spiro atoms. The summed E-state index contributed by atoms with van der Waals surface area (Å²) in [6.45, 7) is 4.31. The molecule has 0 bridgehead atoms. The first-order valence-corrected chi connectivity index (χ1v) is 21.2. The van der Waals surface area contributed by atoms with Crippen molar-refractivity contribution in [2.24, 2.45) is 0 Å². The molecule has 7 aromatic carbocycles. The number of para-hydroxylation sites is 3. The third-order valence-corrected chi connectivity index (χ3v) is 15.8. The Bertz CT molecular complexity index is 2800. The number of hydrogen-bond acceptors (Lipinski definition) is 4. The Balaban J connectivity index is 1.24. The first-order chi connectivity index (χ1) is 27.6. The van der Waals surface area contributed by atoms with Crippen molar-refractivity contribution in [2.45, 2.75) is 19.9 Å². The number of nitrogens with zero attached hydrogens (tertiary/aromatic N) is 4. The van der Waals surface area contributed by atoms with Crippen molar-refractivity contribution >= 4 is 67.7 Å². The molecule has 0 saturated carbocycles. The van der Waals surface area contributed by atoms with Gasteiger partial charge >= 0.3 is 0 Å². The number of anilines is 3. The van der Waals surface area contributed by atoms with Crippen molar-refractivity contribution in [3.63, 3.8) is 0 Å². The van der Waals surface area contributed by atoms with Crippen LogP contribution in [-0.4, -0.2) is 23.7 Å². The molecular formula is C50H40N4OSi. The molecule has 3 heterocycles. The van der Waals surface area contributed by atoms with E-state index < -0.39 is 8.07 Å². The van der Waals surface area contributed by atoms with Gasteiger partial charge in [-0.05, 0) is 94.3 Å². The Morgan fingerprint density at radius 1 is 0.482 bits per heavy atom. The lowest BCUT2D eigenvalue weighted by atomic mass is 10.1. The zero-order chi connectivity index (χ0) is 37.6. The Hall–Kier alpha value is -6.73. The number of fused-ring (bicyclic) bond motifs is 4. The minimum absolute atomic E-state index is 0.160. The van der Waals surface area contributed by atoms with Gasteiger partial charge in [-0.3, -0.25) is 4.57 Å². The molecule has 0 atom stereocenters. The summed E-state index contributed by atoms with van der Waals surface area (Å²) in [5.74, 6) is 0.892. The molecule has 270 valence electrons. The van der Waals surface area contributed by atoms with E-state index >= 15 is 0 Å². The average Bonchev–Trinajstić information content (AvgIpc) is 3.82. The van der Waals surface area contributed by atoms with Gasteiger partial charge in [0.25, 0.3) is 0 Å². The van der Waals surface area contributed by atoms with E-state index in [1.807, 2.05) is 16.3 Å². The van der Waals surface area contributed by atoms with E-state index in [2.05, 4.69) is 213 Å². The van der Waals surface area contributed by atoms with Crippen LogP contribution in [-0.2, 0) is 4.94 Å². The molecular weight excluding hydrogens is 701 g/mol. The molecule has 5 nitrogen and oxygen atoms in total. The maximum atomic E-state index is 6.63. The Morgan fingerprint density at radius 3 is 1.82 bits per heavy atom. The van der Waals surface area contributed by atoms with Crippen molar-refractivity contribution in [1.82, 2.24) is 9.55 Å². The zero-order valence-corrected chi connectivity index (χ0v) is 32.3. The van der Waals surface area contributed by atoms with E-state index in [1.54, 1.807) is 0 Å². The molecule has 0 fully saturated rings. The van der Waals surface area contributed by atoms with Gasteiger partial charge in [-0.25, -0.2) is 10.0 Å². The molecule has 0 aliphatic carbocycles. The summed E-state index contributed by atoms with van der Waals surface area (Å²) in [5, 5.41) is 11.5. The predicted octanol–water partition coefficient (Wildman–Crippen LogP) is 9.44. The molecule has 6 heteroatoms. The summed E-state index contributed by atoms with van der Waals surface area (Å²) in [7, 11) is -3.00. The summed E-state index contributed by atoms with van der Waals surface area (Å²) in [4.78, 5) is 11.7. The van der Waals surface area contributed by atoms with E-state index in [9.17, 15) is 0 Å². The minimum Gasteiger partial charge on any atom is -0.294 e. The number of benzene rings is 7. The highest BCUT2D eigenvalue weighted by Crippen LogP contribution is 2.42. The van der Waals surface area contributed by atoms with E-state index in [0.29, 0.717) is 0 Å². The minimum atomic E-state index is -3.00. The lowest BCUT2D eigenvalue weighted by Crippen LogP contribution is -2.74. The second-order valence-electron chi connectivity index (χ2n) is 14.7. The second-order valence-corrected chi connectivity index (χ2v) is 18.5. The van der Waals surface area contributed by atoms with Crippen LogP contribution >= 0.6 is 0 Å². The Labute approximate surface area is 328 Å². The fraction of sp³-hybridized carbons (Fsp3) is 0.0600. The molecule has 1 aliphatic heterocycles. The van der Waals surface area contributed by atoms with Crippen molar-refractivity contribution in [3.05, 3.63) is 200 Å². The SMILES string of the molecule is CC(C)N1ON(c2cccc([Si](c3ccccc3)(c3ccccc3)c3ccc4c5ccccc5n(-c5cc(-c6ccccc6)ccn5)c4c3)c2)c2ccccc21. The van der Waals surface area contributed by atoms with Crippen LogP contribution in [0.1, 0.15) is 13.8 Å². The van der Waals surface area contributed by atoms with Gasteiger partial charge in [0.1, 0.15) is 5.82 Å². The molecule has 1 aliphatic rings. The van der Waals surface area contributed by atoms with Gasteiger partial charge in [0.2, 0.25) is 0 Å². The van der Waals surface area contributed by atoms with Gasteiger partial charge in [-0.1, -0.05) is 146 Å². The smallest absolute Gasteiger partial charge is 0.179 e. The fourth-order valence-corrected chi connectivity index (χ4v) is 13.4. The summed E-state index contributed by atoms with van der Waals surface area (Å²) in [6, 6.07) is 70.5. The largest absolute Gasteiger partial charge is 0.294 e. The standard InChI is InChI=1S/C50H40N4OSi/c1-36(2)53-47-27-14-15-28-48(47)54(55-53)39-19-16-24-42(34-39)56(40-20-8-4-9-21-40,41-22-10-5-11-23-41)43-29-30-45-44-25-12-13-26-46(44)52(49(45)35-43)50-33-38(31-32-51-50)37-17-6-3-7-18-37/h3-36H,1-2H3. The van der Waals surface area contributed by atoms with E-state index in [4.69, 9.17) is 9.92 Å². The molecule has 9 aromatic rings. The summed E-state index contributed by atoms with van der Waals surface area (Å²) >= 11 is 0.